The Kier molecular flexibility index (Phi) is 2.89. The number of imidazole rings is 1. The lowest BCUT2D eigenvalue weighted by Crippen LogP contribution is -2.10. The second kappa shape index (κ2) is 4.57. The third-order valence-electron chi connectivity index (χ3n) is 3.64. The van der Waals surface area contributed by atoms with Crippen molar-refractivity contribution in [1.82, 2.24) is 9.38 Å². The molecule has 2 atom stereocenters. The monoisotopic (exact) mass is 259 g/mol. The van der Waals surface area contributed by atoms with Crippen LogP contribution in [0.3, 0.4) is 0 Å². The number of hydrogen-bond donors (Lipinski definition) is 2. The number of rotatable bonds is 5. The maximum Gasteiger partial charge on any atom is 0.356 e. The van der Waals surface area contributed by atoms with E-state index in [4.69, 9.17) is 0 Å². The van der Waals surface area contributed by atoms with Crippen LogP contribution >= 0.6 is 0 Å². The number of nitrogens with one attached hydrogen (secondary N) is 1. The molecule has 0 amide bonds. The van der Waals surface area contributed by atoms with Gasteiger partial charge in [-0.1, -0.05) is 19.4 Å². The molecule has 19 heavy (non-hydrogen) atoms. The van der Waals surface area contributed by atoms with Crippen molar-refractivity contribution in [1.29, 1.82) is 0 Å². The van der Waals surface area contributed by atoms with Crippen LogP contribution in [0.5, 0.6) is 0 Å². The molecule has 1 saturated carbocycles. The lowest BCUT2D eigenvalue weighted by molar-refractivity contribution is 0.0690. The smallest absolute Gasteiger partial charge is 0.356 e. The first kappa shape index (κ1) is 12.0. The maximum atomic E-state index is 11.4. The van der Waals surface area contributed by atoms with Gasteiger partial charge in [-0.2, -0.15) is 0 Å². The van der Waals surface area contributed by atoms with Gasteiger partial charge >= 0.3 is 5.97 Å². The molecular weight excluding hydrogens is 242 g/mol. The maximum absolute atomic E-state index is 11.4. The van der Waals surface area contributed by atoms with E-state index >= 15 is 0 Å². The fourth-order valence-electron chi connectivity index (χ4n) is 2.59. The summed E-state index contributed by atoms with van der Waals surface area (Å²) in [6, 6.07) is 5.85. The molecule has 0 spiro atoms. The van der Waals surface area contributed by atoms with E-state index in [1.807, 2.05) is 18.2 Å². The minimum absolute atomic E-state index is 0.220. The predicted octanol–water partition coefficient (Wildman–Crippen LogP) is 2.63. The van der Waals surface area contributed by atoms with Gasteiger partial charge in [0.25, 0.3) is 0 Å². The van der Waals surface area contributed by atoms with Crippen molar-refractivity contribution in [2.24, 2.45) is 5.92 Å². The van der Waals surface area contributed by atoms with Crippen LogP contribution in [0.1, 0.15) is 36.7 Å². The number of nitrogens with zero attached hydrogens (tertiary/aromatic N) is 2. The number of carbonyl (C=O) groups is 1. The van der Waals surface area contributed by atoms with Crippen molar-refractivity contribution in [2.45, 2.75) is 32.2 Å². The summed E-state index contributed by atoms with van der Waals surface area (Å²) in [5.41, 5.74) is 0.882. The molecule has 2 aromatic heterocycles. The van der Waals surface area contributed by atoms with E-state index in [0.29, 0.717) is 23.4 Å². The lowest BCUT2D eigenvalue weighted by Gasteiger charge is -2.03. The number of carboxylic acids is 1. The van der Waals surface area contributed by atoms with Crippen molar-refractivity contribution in [3.63, 3.8) is 0 Å². The van der Waals surface area contributed by atoms with Gasteiger partial charge in [0.1, 0.15) is 5.65 Å². The third-order valence-corrected chi connectivity index (χ3v) is 3.64. The summed E-state index contributed by atoms with van der Waals surface area (Å²) in [5.74, 6) is 0.202. The molecule has 3 rings (SSSR count). The highest BCUT2D eigenvalue weighted by Gasteiger charge is 2.37. The number of anilines is 1. The van der Waals surface area contributed by atoms with Crippen molar-refractivity contribution in [3.05, 3.63) is 30.1 Å². The van der Waals surface area contributed by atoms with Gasteiger partial charge in [0.2, 0.25) is 0 Å². The Morgan fingerprint density at radius 1 is 1.58 bits per heavy atom. The van der Waals surface area contributed by atoms with Crippen LogP contribution in [0.2, 0.25) is 0 Å². The van der Waals surface area contributed by atoms with Gasteiger partial charge in [-0.25, -0.2) is 9.78 Å². The molecule has 1 fully saturated rings. The summed E-state index contributed by atoms with van der Waals surface area (Å²) >= 11 is 0. The van der Waals surface area contributed by atoms with Crippen LogP contribution in [-0.2, 0) is 0 Å². The van der Waals surface area contributed by atoms with Crippen LogP contribution in [0.25, 0.3) is 5.65 Å². The van der Waals surface area contributed by atoms with Gasteiger partial charge in [0.05, 0.1) is 0 Å². The van der Waals surface area contributed by atoms with Crippen molar-refractivity contribution in [3.8, 4) is 0 Å². The Balaban J connectivity index is 1.90. The fraction of sp³-hybridized carbons (Fsp3) is 0.429. The molecule has 2 aromatic rings. The third kappa shape index (κ3) is 2.16. The summed E-state index contributed by atoms with van der Waals surface area (Å²) in [6.07, 6.45) is 5.20. The van der Waals surface area contributed by atoms with Crippen LogP contribution in [-0.4, -0.2) is 26.5 Å². The highest BCUT2D eigenvalue weighted by Crippen LogP contribution is 2.37. The summed E-state index contributed by atoms with van der Waals surface area (Å²) in [6.45, 7) is 2.17. The van der Waals surface area contributed by atoms with Crippen LogP contribution in [0.15, 0.2) is 24.4 Å². The molecule has 5 heteroatoms. The van der Waals surface area contributed by atoms with Crippen molar-refractivity contribution in [2.75, 3.05) is 5.32 Å². The molecule has 0 bridgehead atoms. The van der Waals surface area contributed by atoms with Crippen LogP contribution in [0.4, 0.5) is 5.82 Å². The van der Waals surface area contributed by atoms with Gasteiger partial charge in [-0.3, -0.25) is 4.40 Å². The van der Waals surface area contributed by atoms with Crippen LogP contribution < -0.4 is 5.32 Å². The number of hydrogen-bond acceptors (Lipinski definition) is 3. The van der Waals surface area contributed by atoms with Crippen molar-refractivity contribution < 1.29 is 9.90 Å². The van der Waals surface area contributed by atoms with Gasteiger partial charge in [0, 0.05) is 12.2 Å². The highest BCUT2D eigenvalue weighted by molar-refractivity contribution is 5.93. The number of aromatic nitrogens is 2. The Labute approximate surface area is 111 Å². The number of aromatic carboxylic acids is 1. The van der Waals surface area contributed by atoms with Gasteiger partial charge < -0.3 is 10.4 Å². The first-order valence-corrected chi connectivity index (χ1v) is 6.67. The Morgan fingerprint density at radius 3 is 3.16 bits per heavy atom. The zero-order chi connectivity index (χ0) is 13.4. The van der Waals surface area contributed by atoms with E-state index in [1.54, 1.807) is 10.6 Å². The molecule has 1 aliphatic carbocycles. The van der Waals surface area contributed by atoms with Crippen LogP contribution in [0, 0.1) is 5.92 Å². The topological polar surface area (TPSA) is 66.6 Å². The number of pyridine rings is 1. The molecule has 0 radical (unpaired) electrons. The fourth-order valence-corrected chi connectivity index (χ4v) is 2.59. The molecule has 1 aliphatic rings. The van der Waals surface area contributed by atoms with Gasteiger partial charge in [-0.15, -0.1) is 0 Å². The number of fused-ring (bicyclic) bond motifs is 1. The molecule has 100 valence electrons. The van der Waals surface area contributed by atoms with E-state index in [2.05, 4.69) is 17.2 Å². The SMILES string of the molecule is CCCC1CC1Nc1nc2ccccn2c1C(=O)O. The molecular formula is C14H17N3O2. The molecule has 2 heterocycles. The van der Waals surface area contributed by atoms with E-state index in [1.165, 1.54) is 12.8 Å². The first-order chi connectivity index (χ1) is 9.20. The summed E-state index contributed by atoms with van der Waals surface area (Å²) in [4.78, 5) is 15.8. The Morgan fingerprint density at radius 2 is 2.42 bits per heavy atom. The average Bonchev–Trinajstić information content (AvgIpc) is 2.99. The first-order valence-electron chi connectivity index (χ1n) is 6.67. The molecule has 0 aromatic carbocycles. The Hall–Kier alpha value is -2.04. The Bertz CT molecular complexity index is 620. The van der Waals surface area contributed by atoms with Gasteiger partial charge in [-0.05, 0) is 30.9 Å². The minimum Gasteiger partial charge on any atom is -0.476 e. The predicted molar refractivity (Wildman–Crippen MR) is 72.6 cm³/mol. The van der Waals surface area contributed by atoms with E-state index in [9.17, 15) is 9.90 Å². The molecule has 0 saturated heterocycles. The van der Waals surface area contributed by atoms with E-state index < -0.39 is 5.97 Å². The average molecular weight is 259 g/mol. The normalized spacial score (nSPS) is 21.5. The minimum atomic E-state index is -0.950. The van der Waals surface area contributed by atoms with E-state index in [-0.39, 0.29) is 5.69 Å². The zero-order valence-corrected chi connectivity index (χ0v) is 10.8. The molecule has 2 N–H and O–H groups in total. The number of carboxylic acid groups (broad SMARTS) is 1. The quantitative estimate of drug-likeness (QED) is 0.866. The lowest BCUT2D eigenvalue weighted by atomic mass is 10.2. The van der Waals surface area contributed by atoms with Gasteiger partial charge in [0.15, 0.2) is 11.5 Å². The molecule has 0 aliphatic heterocycles. The standard InChI is InChI=1S/C14H17N3O2/c1-2-5-9-8-10(9)15-13-12(14(18)19)17-7-4-3-6-11(17)16-13/h3-4,6-7,9-10,15H,2,5,8H2,1H3,(H,18,19). The summed E-state index contributed by atoms with van der Waals surface area (Å²) < 4.78 is 1.61. The van der Waals surface area contributed by atoms with E-state index in [0.717, 1.165) is 6.42 Å². The largest absolute Gasteiger partial charge is 0.476 e. The molecule has 2 unspecified atom stereocenters. The summed E-state index contributed by atoms with van der Waals surface area (Å²) in [5, 5.41) is 12.6. The summed E-state index contributed by atoms with van der Waals surface area (Å²) in [7, 11) is 0. The zero-order valence-electron chi connectivity index (χ0n) is 10.8. The highest BCUT2D eigenvalue weighted by atomic mass is 16.4. The molecule has 5 nitrogen and oxygen atoms in total. The second-order valence-electron chi connectivity index (χ2n) is 5.08. The van der Waals surface area contributed by atoms with Crippen molar-refractivity contribution >= 4 is 17.4 Å². The second-order valence-corrected chi connectivity index (χ2v) is 5.08.